The summed E-state index contributed by atoms with van der Waals surface area (Å²) in [7, 11) is 0. The molecule has 0 aliphatic heterocycles. The Bertz CT molecular complexity index is 803. The highest BCUT2D eigenvalue weighted by Gasteiger charge is 2.04. The Morgan fingerprint density at radius 3 is 1.21 bits per heavy atom. The van der Waals surface area contributed by atoms with E-state index in [1.54, 1.807) is 0 Å². The third kappa shape index (κ3) is 7.21. The van der Waals surface area contributed by atoms with Gasteiger partial charge in [-0.05, 0) is 35.4 Å². The second-order valence-electron chi connectivity index (χ2n) is 5.58. The predicted molar refractivity (Wildman–Crippen MR) is 103 cm³/mol. The molecule has 28 heavy (non-hydrogen) atoms. The van der Waals surface area contributed by atoms with Crippen LogP contribution in [-0.4, -0.2) is 22.2 Å². The fraction of sp³-hybridized carbons (Fsp3) is 0.0909. The monoisotopic (exact) mass is 380 g/mol. The average Bonchev–Trinajstić information content (AvgIpc) is 2.73. The van der Waals surface area contributed by atoms with Crippen molar-refractivity contribution in [3.05, 3.63) is 96.1 Å². The van der Waals surface area contributed by atoms with E-state index in [9.17, 15) is 0 Å². The molecule has 3 aromatic rings. The molecule has 6 nitrogen and oxygen atoms in total. The molecule has 6 heteroatoms. The maximum atomic E-state index is 9.10. The number of benzene rings is 3. The normalized spacial score (nSPS) is 9.57. The number of carbonyl (C=O) groups is 2. The number of ether oxygens (including phenoxy) is 2. The second-order valence-corrected chi connectivity index (χ2v) is 5.58. The van der Waals surface area contributed by atoms with Gasteiger partial charge >= 0.3 is 11.9 Å². The first-order valence-electron chi connectivity index (χ1n) is 8.45. The Balaban J connectivity index is 0.000000409. The Kier molecular flexibility index (Phi) is 8.08. The minimum Gasteiger partial charge on any atom is -0.489 e. The minimum absolute atomic E-state index is 0.540. The van der Waals surface area contributed by atoms with Crippen LogP contribution in [0.2, 0.25) is 0 Å². The first-order valence-corrected chi connectivity index (χ1v) is 8.45. The van der Waals surface area contributed by atoms with E-state index in [2.05, 4.69) is 12.1 Å². The summed E-state index contributed by atoms with van der Waals surface area (Å²) in [5.74, 6) is -1.90. The number of hydrogen-bond acceptors (Lipinski definition) is 4. The molecule has 0 heterocycles. The molecule has 0 bridgehead atoms. The fourth-order valence-electron chi connectivity index (χ4n) is 2.19. The topological polar surface area (TPSA) is 93.1 Å². The molecular weight excluding hydrogens is 360 g/mol. The molecule has 3 aromatic carbocycles. The maximum Gasteiger partial charge on any atom is 0.414 e. The van der Waals surface area contributed by atoms with Gasteiger partial charge in [0.2, 0.25) is 0 Å². The van der Waals surface area contributed by atoms with E-state index in [-0.39, 0.29) is 0 Å². The van der Waals surface area contributed by atoms with E-state index in [4.69, 9.17) is 29.3 Å². The van der Waals surface area contributed by atoms with Crippen molar-refractivity contribution < 1.29 is 29.3 Å². The molecule has 0 radical (unpaired) electrons. The van der Waals surface area contributed by atoms with E-state index < -0.39 is 11.9 Å². The van der Waals surface area contributed by atoms with Gasteiger partial charge in [-0.3, -0.25) is 0 Å². The zero-order valence-corrected chi connectivity index (χ0v) is 15.0. The van der Waals surface area contributed by atoms with Gasteiger partial charge in [-0.15, -0.1) is 0 Å². The molecule has 0 atom stereocenters. The van der Waals surface area contributed by atoms with Crippen molar-refractivity contribution >= 4 is 11.9 Å². The smallest absolute Gasteiger partial charge is 0.414 e. The van der Waals surface area contributed by atoms with Crippen molar-refractivity contribution in [1.29, 1.82) is 0 Å². The number of carboxylic acid groups (broad SMARTS) is 2. The van der Waals surface area contributed by atoms with Gasteiger partial charge in [-0.1, -0.05) is 60.7 Å². The molecule has 0 fully saturated rings. The summed E-state index contributed by atoms with van der Waals surface area (Å²) < 4.78 is 11.7. The van der Waals surface area contributed by atoms with Gasteiger partial charge < -0.3 is 19.7 Å². The van der Waals surface area contributed by atoms with E-state index in [1.165, 1.54) is 0 Å². The van der Waals surface area contributed by atoms with Crippen LogP contribution < -0.4 is 9.47 Å². The Morgan fingerprint density at radius 1 is 0.571 bits per heavy atom. The third-order valence-corrected chi connectivity index (χ3v) is 3.58. The van der Waals surface area contributed by atoms with E-state index in [0.29, 0.717) is 13.2 Å². The lowest BCUT2D eigenvalue weighted by Gasteiger charge is -2.12. The highest BCUT2D eigenvalue weighted by Crippen LogP contribution is 2.17. The van der Waals surface area contributed by atoms with Crippen LogP contribution in [0.15, 0.2) is 84.9 Å². The quantitative estimate of drug-likeness (QED) is 0.628. The van der Waals surface area contributed by atoms with E-state index in [1.807, 2.05) is 72.8 Å². The summed E-state index contributed by atoms with van der Waals surface area (Å²) in [6.07, 6.45) is 0. The van der Waals surface area contributed by atoms with Crippen molar-refractivity contribution in [2.24, 2.45) is 0 Å². The molecule has 0 amide bonds. The van der Waals surface area contributed by atoms with E-state index in [0.717, 1.165) is 22.6 Å². The lowest BCUT2D eigenvalue weighted by Crippen LogP contribution is -2.09. The molecule has 0 aliphatic carbocycles. The number of rotatable bonds is 6. The summed E-state index contributed by atoms with van der Waals surface area (Å²) in [6, 6.07) is 27.9. The van der Waals surface area contributed by atoms with Gasteiger partial charge in [0.15, 0.2) is 0 Å². The third-order valence-electron chi connectivity index (χ3n) is 3.58. The van der Waals surface area contributed by atoms with Crippen molar-refractivity contribution in [2.45, 2.75) is 13.2 Å². The molecule has 3 rings (SSSR count). The molecule has 0 saturated heterocycles. The molecular formula is C22H20O6. The Hall–Kier alpha value is -3.80. The van der Waals surface area contributed by atoms with Crippen LogP contribution >= 0.6 is 0 Å². The average molecular weight is 380 g/mol. The van der Waals surface area contributed by atoms with Crippen LogP contribution in [0.5, 0.6) is 11.5 Å². The molecule has 144 valence electrons. The zero-order valence-electron chi connectivity index (χ0n) is 15.0. The predicted octanol–water partition coefficient (Wildman–Crippen LogP) is 4.00. The van der Waals surface area contributed by atoms with Crippen LogP contribution in [0.4, 0.5) is 0 Å². The van der Waals surface area contributed by atoms with Crippen LogP contribution in [0.1, 0.15) is 11.1 Å². The first-order chi connectivity index (χ1) is 13.6. The van der Waals surface area contributed by atoms with Gasteiger partial charge in [0.25, 0.3) is 0 Å². The summed E-state index contributed by atoms with van der Waals surface area (Å²) >= 11 is 0. The van der Waals surface area contributed by atoms with Crippen molar-refractivity contribution in [1.82, 2.24) is 0 Å². The van der Waals surface area contributed by atoms with Crippen LogP contribution in [0.3, 0.4) is 0 Å². The summed E-state index contributed by atoms with van der Waals surface area (Å²) in [6.45, 7) is 1.08. The van der Waals surface area contributed by atoms with E-state index >= 15 is 0 Å². The lowest BCUT2D eigenvalue weighted by molar-refractivity contribution is -0.159. The Labute approximate surface area is 162 Å². The Morgan fingerprint density at radius 2 is 0.893 bits per heavy atom. The van der Waals surface area contributed by atoms with Gasteiger partial charge in [-0.25, -0.2) is 9.59 Å². The highest BCUT2D eigenvalue weighted by atomic mass is 16.5. The number of hydrogen-bond donors (Lipinski definition) is 2. The van der Waals surface area contributed by atoms with Gasteiger partial charge in [0.05, 0.1) is 0 Å². The maximum absolute atomic E-state index is 9.10. The van der Waals surface area contributed by atoms with Crippen molar-refractivity contribution in [2.75, 3.05) is 0 Å². The van der Waals surface area contributed by atoms with Crippen LogP contribution in [-0.2, 0) is 22.8 Å². The SMILES string of the molecule is O=C(O)C(=O)O.c1ccc(OCc2ccccc2COc2ccccc2)cc1. The molecule has 2 N–H and O–H groups in total. The molecule has 0 saturated carbocycles. The zero-order chi connectivity index (χ0) is 20.2. The van der Waals surface area contributed by atoms with Gasteiger partial charge in [-0.2, -0.15) is 0 Å². The molecule has 0 aliphatic rings. The van der Waals surface area contributed by atoms with Crippen molar-refractivity contribution in [3.63, 3.8) is 0 Å². The minimum atomic E-state index is -1.82. The number of aliphatic carboxylic acids is 2. The summed E-state index contributed by atoms with van der Waals surface area (Å²) in [5, 5.41) is 14.8. The number of carboxylic acids is 2. The van der Waals surface area contributed by atoms with Crippen LogP contribution in [0.25, 0.3) is 0 Å². The molecule has 0 aromatic heterocycles. The molecule has 0 unspecified atom stereocenters. The first kappa shape index (κ1) is 20.5. The fourth-order valence-corrected chi connectivity index (χ4v) is 2.19. The van der Waals surface area contributed by atoms with Gasteiger partial charge in [0.1, 0.15) is 24.7 Å². The standard InChI is InChI=1S/C20H18O2.C2H2O4/c1-3-11-19(12-4-1)21-15-17-9-7-8-10-18(17)16-22-20-13-5-2-6-14-20;3-1(4)2(5)6/h1-14H,15-16H2;(H,3,4)(H,5,6). The van der Waals surface area contributed by atoms with Gasteiger partial charge in [0, 0.05) is 0 Å². The highest BCUT2D eigenvalue weighted by molar-refractivity contribution is 6.27. The largest absolute Gasteiger partial charge is 0.489 e. The number of para-hydroxylation sites is 2. The van der Waals surface area contributed by atoms with Crippen LogP contribution in [0, 0.1) is 0 Å². The van der Waals surface area contributed by atoms with Crippen molar-refractivity contribution in [3.8, 4) is 11.5 Å². The summed E-state index contributed by atoms with van der Waals surface area (Å²) in [4.78, 5) is 18.2. The second kappa shape index (κ2) is 11.0. The molecule has 0 spiro atoms. The lowest BCUT2D eigenvalue weighted by atomic mass is 10.1. The summed E-state index contributed by atoms with van der Waals surface area (Å²) in [5.41, 5.74) is 2.28.